The molecule has 0 saturated carbocycles. The van der Waals surface area contributed by atoms with E-state index in [0.717, 1.165) is 27.0 Å². The normalized spacial score (nSPS) is 22.9. The molecule has 0 radical (unpaired) electrons. The van der Waals surface area contributed by atoms with Crippen LogP contribution in [0.1, 0.15) is 36.8 Å². The van der Waals surface area contributed by atoms with Gasteiger partial charge in [-0.05, 0) is 41.8 Å². The number of halogens is 1. The highest BCUT2D eigenvalue weighted by Crippen LogP contribution is 2.45. The van der Waals surface area contributed by atoms with Gasteiger partial charge in [-0.25, -0.2) is 9.18 Å². The number of benzene rings is 3. The molecule has 0 unspecified atom stereocenters. The van der Waals surface area contributed by atoms with E-state index >= 15 is 4.39 Å². The first-order valence-electron chi connectivity index (χ1n) is 12.9. The van der Waals surface area contributed by atoms with Crippen LogP contribution in [0.5, 0.6) is 5.75 Å². The van der Waals surface area contributed by atoms with Crippen LogP contribution in [0.4, 0.5) is 10.2 Å². The molecule has 1 fully saturated rings. The van der Waals surface area contributed by atoms with Crippen molar-refractivity contribution >= 4 is 5.82 Å². The van der Waals surface area contributed by atoms with Gasteiger partial charge in [-0.3, -0.25) is 4.57 Å². The predicted molar refractivity (Wildman–Crippen MR) is 148 cm³/mol. The Morgan fingerprint density at radius 1 is 1.00 bits per heavy atom. The zero-order chi connectivity index (χ0) is 27.6. The van der Waals surface area contributed by atoms with Gasteiger partial charge in [0.2, 0.25) is 0 Å². The average molecular weight is 530 g/mol. The molecule has 4 atom stereocenters. The zero-order valence-electron chi connectivity index (χ0n) is 22.1. The summed E-state index contributed by atoms with van der Waals surface area (Å²) in [5.41, 5.74) is -0.680. The molecule has 1 saturated heterocycles. The molecule has 0 amide bonds. The van der Waals surface area contributed by atoms with Crippen molar-refractivity contribution in [2.45, 2.75) is 37.4 Å². The number of ether oxygens (including phenoxy) is 2. The van der Waals surface area contributed by atoms with Crippen LogP contribution < -0.4 is 15.7 Å². The molecule has 0 spiro atoms. The summed E-state index contributed by atoms with van der Waals surface area (Å²) in [4.78, 5) is 17.6. The van der Waals surface area contributed by atoms with Gasteiger partial charge in [0.15, 0.2) is 11.9 Å². The molecule has 39 heavy (non-hydrogen) atoms. The van der Waals surface area contributed by atoms with Crippen molar-refractivity contribution in [1.82, 2.24) is 9.55 Å². The third-order valence-corrected chi connectivity index (χ3v) is 7.75. The molecule has 1 aromatic heterocycles. The quantitative estimate of drug-likeness (QED) is 0.316. The van der Waals surface area contributed by atoms with Crippen LogP contribution in [-0.4, -0.2) is 40.1 Å². The van der Waals surface area contributed by atoms with Crippen LogP contribution in [-0.2, 0) is 10.3 Å². The lowest BCUT2D eigenvalue weighted by molar-refractivity contribution is -0.0610. The van der Waals surface area contributed by atoms with Gasteiger partial charge in [-0.1, -0.05) is 79.7 Å². The summed E-state index contributed by atoms with van der Waals surface area (Å²) in [6.07, 6.45) is -0.427. The maximum atomic E-state index is 15.6. The number of hydrogen-bond acceptors (Lipinski definition) is 6. The summed E-state index contributed by atoms with van der Waals surface area (Å²) < 4.78 is 27.9. The van der Waals surface area contributed by atoms with Crippen molar-refractivity contribution in [3.05, 3.63) is 124 Å². The summed E-state index contributed by atoms with van der Waals surface area (Å²) in [5, 5.41) is 13.2. The molecule has 2 N–H and O–H groups in total. The van der Waals surface area contributed by atoms with E-state index in [-0.39, 0.29) is 6.61 Å². The Morgan fingerprint density at radius 3 is 2.05 bits per heavy atom. The number of aliphatic hydroxyl groups is 1. The van der Waals surface area contributed by atoms with Crippen molar-refractivity contribution < 1.29 is 19.0 Å². The highest BCUT2D eigenvalue weighted by atomic mass is 19.1. The van der Waals surface area contributed by atoms with Crippen molar-refractivity contribution in [1.29, 1.82) is 0 Å². The van der Waals surface area contributed by atoms with E-state index in [0.29, 0.717) is 5.82 Å². The summed E-state index contributed by atoms with van der Waals surface area (Å²) in [6, 6.07) is 29.2. The van der Waals surface area contributed by atoms with Crippen LogP contribution in [0.2, 0.25) is 0 Å². The van der Waals surface area contributed by atoms with E-state index < -0.39 is 35.1 Å². The minimum absolute atomic E-state index is 0.310. The second-order valence-corrected chi connectivity index (χ2v) is 9.99. The summed E-state index contributed by atoms with van der Waals surface area (Å²) in [6.45, 7) is 2.71. The lowest BCUT2D eigenvalue weighted by atomic mass is 9.77. The molecular formula is C31H32FN3O4. The van der Waals surface area contributed by atoms with E-state index in [1.165, 1.54) is 13.1 Å². The first kappa shape index (κ1) is 26.6. The first-order valence-corrected chi connectivity index (χ1v) is 12.9. The lowest BCUT2D eigenvalue weighted by Crippen LogP contribution is -2.41. The van der Waals surface area contributed by atoms with Crippen molar-refractivity contribution in [3.63, 3.8) is 0 Å². The second-order valence-electron chi connectivity index (χ2n) is 9.99. The number of nitrogens with zero attached hydrogens (tertiary/aromatic N) is 2. The Labute approximate surface area is 226 Å². The topological polar surface area (TPSA) is 85.6 Å². The fourth-order valence-corrected chi connectivity index (χ4v) is 5.33. The second kappa shape index (κ2) is 10.6. The van der Waals surface area contributed by atoms with Gasteiger partial charge in [0.1, 0.15) is 17.1 Å². The fourth-order valence-electron chi connectivity index (χ4n) is 5.33. The summed E-state index contributed by atoms with van der Waals surface area (Å²) >= 11 is 0. The minimum atomic E-state index is -1.87. The van der Waals surface area contributed by atoms with Gasteiger partial charge < -0.3 is 19.9 Å². The van der Waals surface area contributed by atoms with Gasteiger partial charge in [0.05, 0.1) is 19.8 Å². The SMILES string of the molecule is COc1ccc(C(Nc2ccn([C@@H]3O[C@H](CO)[C@@H](C)[C@@]3(C)F)c(=O)n2)(c2ccccc2)c2ccccc2)cc1. The van der Waals surface area contributed by atoms with E-state index in [4.69, 9.17) is 9.47 Å². The van der Waals surface area contributed by atoms with Crippen LogP contribution in [0.25, 0.3) is 0 Å². The number of alkyl halides is 1. The molecule has 0 bridgehead atoms. The van der Waals surface area contributed by atoms with E-state index in [1.807, 2.05) is 84.9 Å². The monoisotopic (exact) mass is 529 g/mol. The number of anilines is 1. The summed E-state index contributed by atoms with van der Waals surface area (Å²) in [7, 11) is 1.62. The molecule has 4 aromatic rings. The number of rotatable bonds is 8. The molecule has 2 heterocycles. The molecule has 3 aromatic carbocycles. The largest absolute Gasteiger partial charge is 0.497 e. The van der Waals surface area contributed by atoms with Crippen molar-refractivity contribution in [2.75, 3.05) is 19.0 Å². The molecule has 8 heteroatoms. The van der Waals surface area contributed by atoms with Crippen LogP contribution >= 0.6 is 0 Å². The standard InChI is InChI=1S/C31H32FN3O4/c1-21-26(20-36)39-28(30(21,2)32)35-19-18-27(33-29(35)37)34-31(22-10-6-4-7-11-22,23-12-8-5-9-13-23)24-14-16-25(38-3)17-15-24/h4-19,21,26,28,36H,20H2,1-3H3,(H,33,34,37)/t21-,26-,28-,30-/m1/s1. The molecule has 0 aliphatic carbocycles. The Balaban J connectivity index is 1.63. The Bertz CT molecular complexity index is 1420. The Kier molecular flexibility index (Phi) is 7.25. The van der Waals surface area contributed by atoms with Crippen LogP contribution in [0.15, 0.2) is 102 Å². The average Bonchev–Trinajstić information content (AvgIpc) is 3.20. The first-order chi connectivity index (χ1) is 18.8. The van der Waals surface area contributed by atoms with E-state index in [2.05, 4.69) is 10.3 Å². The number of aliphatic hydroxyl groups excluding tert-OH is 1. The molecule has 1 aliphatic rings. The van der Waals surface area contributed by atoms with E-state index in [9.17, 15) is 9.90 Å². The number of methoxy groups -OCH3 is 1. The van der Waals surface area contributed by atoms with Gasteiger partial charge in [-0.15, -0.1) is 0 Å². The third-order valence-electron chi connectivity index (χ3n) is 7.75. The summed E-state index contributed by atoms with van der Waals surface area (Å²) in [5.74, 6) is 0.428. The maximum absolute atomic E-state index is 15.6. The Morgan fingerprint density at radius 2 is 1.56 bits per heavy atom. The highest BCUT2D eigenvalue weighted by Gasteiger charge is 2.53. The fraction of sp³-hybridized carbons (Fsp3) is 0.290. The highest BCUT2D eigenvalue weighted by molar-refractivity contribution is 5.58. The van der Waals surface area contributed by atoms with Gasteiger partial charge in [0, 0.05) is 12.1 Å². The molecular weight excluding hydrogens is 497 g/mol. The van der Waals surface area contributed by atoms with Gasteiger partial charge in [-0.2, -0.15) is 4.98 Å². The van der Waals surface area contributed by atoms with Crippen LogP contribution in [0.3, 0.4) is 0 Å². The maximum Gasteiger partial charge on any atom is 0.351 e. The van der Waals surface area contributed by atoms with Crippen molar-refractivity contribution in [2.24, 2.45) is 5.92 Å². The smallest absolute Gasteiger partial charge is 0.351 e. The van der Waals surface area contributed by atoms with Crippen molar-refractivity contribution in [3.8, 4) is 5.75 Å². The molecule has 1 aliphatic heterocycles. The van der Waals surface area contributed by atoms with Gasteiger partial charge >= 0.3 is 5.69 Å². The predicted octanol–water partition coefficient (Wildman–Crippen LogP) is 4.91. The molecule has 7 nitrogen and oxygen atoms in total. The van der Waals surface area contributed by atoms with Crippen LogP contribution in [0, 0.1) is 5.92 Å². The number of nitrogens with one attached hydrogen (secondary N) is 1. The third kappa shape index (κ3) is 4.70. The van der Waals surface area contributed by atoms with Gasteiger partial charge in [0.25, 0.3) is 0 Å². The molecule has 202 valence electrons. The lowest BCUT2D eigenvalue weighted by Gasteiger charge is -2.37. The van der Waals surface area contributed by atoms with E-state index in [1.54, 1.807) is 20.1 Å². The molecule has 5 rings (SSSR count). The minimum Gasteiger partial charge on any atom is -0.497 e. The zero-order valence-corrected chi connectivity index (χ0v) is 22.1. The number of hydrogen-bond donors (Lipinski definition) is 2. The number of aromatic nitrogens is 2. The Hall–Kier alpha value is -4.01.